The van der Waals surface area contributed by atoms with Crippen molar-refractivity contribution in [2.75, 3.05) is 5.32 Å². The van der Waals surface area contributed by atoms with Crippen molar-refractivity contribution in [1.29, 1.82) is 0 Å². The molecule has 4 rings (SSSR count). The molecule has 2 amide bonds. The first-order valence-corrected chi connectivity index (χ1v) is 10.7. The molecule has 0 unspecified atom stereocenters. The zero-order valence-corrected chi connectivity index (χ0v) is 17.3. The largest absolute Gasteiger partial charge is 0.349 e. The maximum Gasteiger partial charge on any atom is 0.275 e. The van der Waals surface area contributed by atoms with E-state index in [1.807, 2.05) is 12.1 Å². The smallest absolute Gasteiger partial charge is 0.275 e. The van der Waals surface area contributed by atoms with Crippen molar-refractivity contribution >= 4 is 28.8 Å². The summed E-state index contributed by atoms with van der Waals surface area (Å²) in [6.07, 6.45) is 2.11. The van der Waals surface area contributed by atoms with Gasteiger partial charge in [-0.25, -0.2) is 4.98 Å². The van der Waals surface area contributed by atoms with Gasteiger partial charge in [-0.2, -0.15) is 0 Å². The van der Waals surface area contributed by atoms with E-state index >= 15 is 0 Å². The number of anilines is 1. The predicted octanol–water partition coefficient (Wildman–Crippen LogP) is 5.08. The van der Waals surface area contributed by atoms with Crippen LogP contribution in [0.25, 0.3) is 10.6 Å². The van der Waals surface area contributed by atoms with E-state index in [0.717, 1.165) is 23.4 Å². The molecular weight excluding hydrogens is 382 g/mol. The van der Waals surface area contributed by atoms with Crippen LogP contribution in [-0.2, 0) is 0 Å². The number of hydrogen-bond acceptors (Lipinski definition) is 4. The van der Waals surface area contributed by atoms with Crippen LogP contribution in [0.1, 0.15) is 59.0 Å². The van der Waals surface area contributed by atoms with Gasteiger partial charge in [-0.3, -0.25) is 9.59 Å². The fraction of sp³-hybridized carbons (Fsp3) is 0.261. The second kappa shape index (κ2) is 8.17. The molecule has 2 aromatic carbocycles. The topological polar surface area (TPSA) is 71.1 Å². The molecule has 1 aromatic heterocycles. The van der Waals surface area contributed by atoms with Gasteiger partial charge in [-0.1, -0.05) is 38.1 Å². The summed E-state index contributed by atoms with van der Waals surface area (Å²) < 4.78 is 0. The molecule has 148 valence electrons. The number of thiazole rings is 1. The fourth-order valence-corrected chi connectivity index (χ4v) is 3.72. The number of nitrogens with zero attached hydrogens (tertiary/aromatic N) is 1. The van der Waals surface area contributed by atoms with Gasteiger partial charge < -0.3 is 10.6 Å². The van der Waals surface area contributed by atoms with Crippen molar-refractivity contribution < 1.29 is 9.59 Å². The number of aromatic nitrogens is 1. The summed E-state index contributed by atoms with van der Waals surface area (Å²) in [4.78, 5) is 29.0. The maximum atomic E-state index is 12.5. The van der Waals surface area contributed by atoms with Gasteiger partial charge in [0.2, 0.25) is 0 Å². The van der Waals surface area contributed by atoms with E-state index < -0.39 is 0 Å². The second-order valence-electron chi connectivity index (χ2n) is 7.59. The van der Waals surface area contributed by atoms with Crippen LogP contribution in [0.3, 0.4) is 0 Å². The Morgan fingerprint density at radius 1 is 1.00 bits per heavy atom. The van der Waals surface area contributed by atoms with Crippen molar-refractivity contribution in [2.24, 2.45) is 0 Å². The lowest BCUT2D eigenvalue weighted by atomic mass is 10.0. The Hall–Kier alpha value is -2.99. The Balaban J connectivity index is 1.40. The highest BCUT2D eigenvalue weighted by Gasteiger charge is 2.23. The zero-order valence-electron chi connectivity index (χ0n) is 16.4. The zero-order chi connectivity index (χ0) is 20.4. The molecule has 0 bridgehead atoms. The first kappa shape index (κ1) is 19.3. The number of carbonyl (C=O) groups excluding carboxylic acids is 2. The molecule has 0 saturated heterocycles. The second-order valence-corrected chi connectivity index (χ2v) is 8.45. The molecule has 1 heterocycles. The van der Waals surface area contributed by atoms with Gasteiger partial charge in [0, 0.05) is 28.2 Å². The molecule has 1 aliphatic rings. The van der Waals surface area contributed by atoms with E-state index in [2.05, 4.69) is 41.6 Å². The van der Waals surface area contributed by atoms with Crippen LogP contribution < -0.4 is 10.6 Å². The number of hydrogen-bond donors (Lipinski definition) is 2. The number of benzene rings is 2. The standard InChI is InChI=1S/C23H23N3O2S/c1-14(2)15-3-5-17(6-4-15)23-26-20(13-29-23)22(28)25-18-9-7-16(8-10-18)21(27)24-19-11-12-19/h3-10,13-14,19H,11-12H2,1-2H3,(H,24,27)(H,25,28). The lowest BCUT2D eigenvalue weighted by Gasteiger charge is -2.06. The fourth-order valence-electron chi connectivity index (χ4n) is 2.92. The van der Waals surface area contributed by atoms with Gasteiger partial charge in [-0.05, 0) is 48.6 Å². The van der Waals surface area contributed by atoms with E-state index in [1.54, 1.807) is 29.6 Å². The number of rotatable bonds is 6. The highest BCUT2D eigenvalue weighted by atomic mass is 32.1. The van der Waals surface area contributed by atoms with Crippen molar-refractivity contribution in [3.05, 3.63) is 70.7 Å². The number of carbonyl (C=O) groups is 2. The number of amides is 2. The molecule has 29 heavy (non-hydrogen) atoms. The quantitative estimate of drug-likeness (QED) is 0.601. The molecule has 1 aliphatic carbocycles. The molecule has 0 radical (unpaired) electrons. The summed E-state index contributed by atoms with van der Waals surface area (Å²) in [6, 6.07) is 15.5. The van der Waals surface area contributed by atoms with E-state index in [-0.39, 0.29) is 11.8 Å². The van der Waals surface area contributed by atoms with Gasteiger partial charge in [0.15, 0.2) is 0 Å². The molecule has 1 saturated carbocycles. The van der Waals surface area contributed by atoms with Crippen LogP contribution in [0.15, 0.2) is 53.9 Å². The van der Waals surface area contributed by atoms with Gasteiger partial charge in [0.1, 0.15) is 10.7 Å². The van der Waals surface area contributed by atoms with Crippen LogP contribution in [-0.4, -0.2) is 22.8 Å². The highest BCUT2D eigenvalue weighted by molar-refractivity contribution is 7.13. The van der Waals surface area contributed by atoms with Crippen LogP contribution in [0, 0.1) is 0 Å². The van der Waals surface area contributed by atoms with E-state index in [1.165, 1.54) is 16.9 Å². The third-order valence-electron chi connectivity index (χ3n) is 4.88. The van der Waals surface area contributed by atoms with E-state index in [0.29, 0.717) is 28.9 Å². The molecule has 0 spiro atoms. The van der Waals surface area contributed by atoms with Gasteiger partial charge in [0.25, 0.3) is 11.8 Å². The Bertz CT molecular complexity index is 1020. The van der Waals surface area contributed by atoms with Crippen LogP contribution in [0.5, 0.6) is 0 Å². The van der Waals surface area contributed by atoms with Crippen molar-refractivity contribution in [3.63, 3.8) is 0 Å². The summed E-state index contributed by atoms with van der Waals surface area (Å²) in [5, 5.41) is 8.37. The lowest BCUT2D eigenvalue weighted by molar-refractivity contribution is 0.0950. The Labute approximate surface area is 174 Å². The van der Waals surface area contributed by atoms with Gasteiger partial charge >= 0.3 is 0 Å². The average Bonchev–Trinajstić information content (AvgIpc) is 3.39. The predicted molar refractivity (Wildman–Crippen MR) is 117 cm³/mol. The average molecular weight is 406 g/mol. The van der Waals surface area contributed by atoms with Crippen LogP contribution in [0.4, 0.5) is 5.69 Å². The summed E-state index contributed by atoms with van der Waals surface area (Å²) in [6.45, 7) is 4.32. The molecule has 3 aromatic rings. The molecule has 0 aliphatic heterocycles. The minimum absolute atomic E-state index is 0.0713. The monoisotopic (exact) mass is 405 g/mol. The third-order valence-corrected chi connectivity index (χ3v) is 5.77. The Morgan fingerprint density at radius 2 is 1.69 bits per heavy atom. The van der Waals surface area contributed by atoms with Gasteiger partial charge in [0.05, 0.1) is 0 Å². The van der Waals surface area contributed by atoms with Crippen LogP contribution in [0.2, 0.25) is 0 Å². The van der Waals surface area contributed by atoms with Crippen molar-refractivity contribution in [3.8, 4) is 10.6 Å². The summed E-state index contributed by atoms with van der Waals surface area (Å²) in [5.41, 5.74) is 3.89. The van der Waals surface area contributed by atoms with E-state index in [9.17, 15) is 9.59 Å². The highest BCUT2D eigenvalue weighted by Crippen LogP contribution is 2.26. The Kier molecular flexibility index (Phi) is 5.45. The Morgan fingerprint density at radius 3 is 2.31 bits per heavy atom. The molecule has 5 nitrogen and oxygen atoms in total. The molecule has 2 N–H and O–H groups in total. The summed E-state index contributed by atoms with van der Waals surface area (Å²) >= 11 is 1.45. The van der Waals surface area contributed by atoms with Crippen molar-refractivity contribution in [2.45, 2.75) is 38.6 Å². The molecule has 1 fully saturated rings. The first-order chi connectivity index (χ1) is 14.0. The lowest BCUT2D eigenvalue weighted by Crippen LogP contribution is -2.25. The summed E-state index contributed by atoms with van der Waals surface area (Å²) in [7, 11) is 0. The normalized spacial score (nSPS) is 13.3. The molecular formula is C23H23N3O2S. The third kappa shape index (κ3) is 4.71. The van der Waals surface area contributed by atoms with E-state index in [4.69, 9.17) is 0 Å². The first-order valence-electron chi connectivity index (χ1n) is 9.78. The van der Waals surface area contributed by atoms with Crippen molar-refractivity contribution in [1.82, 2.24) is 10.3 Å². The molecule has 6 heteroatoms. The molecule has 0 atom stereocenters. The minimum atomic E-state index is -0.263. The SMILES string of the molecule is CC(C)c1ccc(-c2nc(C(=O)Nc3ccc(C(=O)NC4CC4)cc3)cs2)cc1. The maximum absolute atomic E-state index is 12.5. The minimum Gasteiger partial charge on any atom is -0.349 e. The van der Waals surface area contributed by atoms with Gasteiger partial charge in [-0.15, -0.1) is 11.3 Å². The van der Waals surface area contributed by atoms with Crippen LogP contribution >= 0.6 is 11.3 Å². The number of nitrogens with one attached hydrogen (secondary N) is 2. The summed E-state index contributed by atoms with van der Waals surface area (Å²) in [5.74, 6) is 0.146.